The van der Waals surface area contributed by atoms with Gasteiger partial charge in [0, 0.05) is 22.6 Å². The Bertz CT molecular complexity index is 816. The van der Waals surface area contributed by atoms with Gasteiger partial charge in [-0.05, 0) is 44.5 Å². The van der Waals surface area contributed by atoms with Gasteiger partial charge in [-0.25, -0.2) is 0 Å². The summed E-state index contributed by atoms with van der Waals surface area (Å²) in [4.78, 5) is 26.1. The largest absolute Gasteiger partial charge is 0.357 e. The summed E-state index contributed by atoms with van der Waals surface area (Å²) < 4.78 is 0. The summed E-state index contributed by atoms with van der Waals surface area (Å²) in [5.74, 6) is -0.114. The lowest BCUT2D eigenvalue weighted by molar-refractivity contribution is -0.110. The summed E-state index contributed by atoms with van der Waals surface area (Å²) >= 11 is 0. The Morgan fingerprint density at radius 1 is 1.18 bits per heavy atom. The van der Waals surface area contributed by atoms with Crippen molar-refractivity contribution in [1.82, 2.24) is 4.98 Å². The Labute approximate surface area is 128 Å². The van der Waals surface area contributed by atoms with Crippen LogP contribution in [0.15, 0.2) is 18.2 Å². The van der Waals surface area contributed by atoms with Crippen LogP contribution in [-0.4, -0.2) is 17.3 Å². The molecule has 0 aliphatic carbocycles. The van der Waals surface area contributed by atoms with Crippen LogP contribution in [0.4, 0.5) is 11.4 Å². The highest BCUT2D eigenvalue weighted by molar-refractivity contribution is 6.35. The minimum absolute atomic E-state index is 0.114. The van der Waals surface area contributed by atoms with E-state index in [9.17, 15) is 9.59 Å². The quantitative estimate of drug-likeness (QED) is 0.601. The third-order valence-corrected chi connectivity index (χ3v) is 3.93. The van der Waals surface area contributed by atoms with Crippen LogP contribution in [0.3, 0.4) is 0 Å². The number of fused-ring (bicyclic) bond motifs is 1. The third kappa shape index (κ3) is 2.20. The molecule has 3 N–H and O–H groups in total. The molecule has 0 atom stereocenters. The van der Waals surface area contributed by atoms with Crippen molar-refractivity contribution in [1.29, 1.82) is 0 Å². The second-order valence-electron chi connectivity index (χ2n) is 5.49. The molecule has 5 heteroatoms. The fourth-order valence-corrected chi connectivity index (χ4v) is 2.78. The van der Waals surface area contributed by atoms with Crippen LogP contribution in [0, 0.1) is 20.8 Å². The van der Waals surface area contributed by atoms with Gasteiger partial charge in [-0.1, -0.05) is 11.6 Å². The number of aromatic amines is 1. The van der Waals surface area contributed by atoms with E-state index in [0.29, 0.717) is 12.0 Å². The molecule has 0 bridgehead atoms. The highest BCUT2D eigenvalue weighted by Gasteiger charge is 2.24. The number of hydrogen-bond acceptors (Lipinski definition) is 2. The van der Waals surface area contributed by atoms with Crippen LogP contribution in [0.5, 0.6) is 0 Å². The van der Waals surface area contributed by atoms with Crippen LogP contribution < -0.4 is 10.6 Å². The van der Waals surface area contributed by atoms with E-state index in [-0.39, 0.29) is 5.91 Å². The van der Waals surface area contributed by atoms with Gasteiger partial charge in [-0.3, -0.25) is 9.59 Å². The first kappa shape index (κ1) is 14.1. The van der Waals surface area contributed by atoms with E-state index in [2.05, 4.69) is 15.6 Å². The van der Waals surface area contributed by atoms with E-state index < -0.39 is 0 Å². The van der Waals surface area contributed by atoms with Gasteiger partial charge in [-0.2, -0.15) is 0 Å². The topological polar surface area (TPSA) is 74.0 Å². The second-order valence-corrected chi connectivity index (χ2v) is 5.49. The molecule has 0 unspecified atom stereocenters. The molecule has 2 aromatic rings. The van der Waals surface area contributed by atoms with E-state index >= 15 is 0 Å². The predicted octanol–water partition coefficient (Wildman–Crippen LogP) is 3.00. The standard InChI is InChI=1S/C17H17N3O2/c1-9-4-5-14-12(6-9)13(17(22)20-14)7-15-10(2)16(18-8-21)11(3)19-15/h4-8,19H,1-3H3,(H,18,21)(H,20,22)/b13-7-. The number of rotatable bonds is 3. The highest BCUT2D eigenvalue weighted by Crippen LogP contribution is 2.35. The summed E-state index contributed by atoms with van der Waals surface area (Å²) in [6.07, 6.45) is 2.49. The second kappa shape index (κ2) is 5.18. The summed E-state index contributed by atoms with van der Waals surface area (Å²) in [5, 5.41) is 5.56. The SMILES string of the molecule is Cc1ccc2c(c1)/C(=C/c1[nH]c(C)c(NC=O)c1C)C(=O)N2. The minimum Gasteiger partial charge on any atom is -0.357 e. The Balaban J connectivity index is 2.11. The van der Waals surface area contributed by atoms with E-state index in [0.717, 1.165) is 39.5 Å². The van der Waals surface area contributed by atoms with Crippen LogP contribution in [0.2, 0.25) is 0 Å². The number of H-pyrrole nitrogens is 1. The highest BCUT2D eigenvalue weighted by atomic mass is 16.2. The summed E-state index contributed by atoms with van der Waals surface area (Å²) in [6, 6.07) is 5.88. The maximum absolute atomic E-state index is 12.2. The lowest BCUT2D eigenvalue weighted by Crippen LogP contribution is -2.03. The smallest absolute Gasteiger partial charge is 0.256 e. The number of aromatic nitrogens is 1. The molecule has 0 spiro atoms. The zero-order chi connectivity index (χ0) is 15.9. The number of carbonyl (C=O) groups is 2. The first-order valence-corrected chi connectivity index (χ1v) is 7.04. The van der Waals surface area contributed by atoms with Gasteiger partial charge >= 0.3 is 0 Å². The average molecular weight is 295 g/mol. The van der Waals surface area contributed by atoms with Gasteiger partial charge in [0.05, 0.1) is 11.3 Å². The van der Waals surface area contributed by atoms with E-state index in [1.54, 1.807) is 0 Å². The molecule has 0 saturated heterocycles. The molecule has 22 heavy (non-hydrogen) atoms. The third-order valence-electron chi connectivity index (χ3n) is 3.93. The molecule has 1 aliphatic rings. The van der Waals surface area contributed by atoms with Crippen molar-refractivity contribution in [3.63, 3.8) is 0 Å². The van der Waals surface area contributed by atoms with Crippen molar-refractivity contribution >= 4 is 35.3 Å². The predicted molar refractivity (Wildman–Crippen MR) is 87.6 cm³/mol. The number of anilines is 2. The molecule has 1 aliphatic heterocycles. The Morgan fingerprint density at radius 2 is 1.95 bits per heavy atom. The Morgan fingerprint density at radius 3 is 2.68 bits per heavy atom. The zero-order valence-electron chi connectivity index (χ0n) is 12.7. The first-order chi connectivity index (χ1) is 10.5. The molecule has 3 rings (SSSR count). The van der Waals surface area contributed by atoms with Gasteiger partial charge in [-0.15, -0.1) is 0 Å². The molecule has 0 radical (unpaired) electrons. The van der Waals surface area contributed by atoms with Gasteiger partial charge in [0.2, 0.25) is 6.41 Å². The van der Waals surface area contributed by atoms with E-state index in [4.69, 9.17) is 0 Å². The molecule has 5 nitrogen and oxygen atoms in total. The lowest BCUT2D eigenvalue weighted by atomic mass is 10.0. The molecular weight excluding hydrogens is 278 g/mol. The van der Waals surface area contributed by atoms with Gasteiger partial charge in [0.1, 0.15) is 0 Å². The maximum Gasteiger partial charge on any atom is 0.256 e. The fraction of sp³-hybridized carbons (Fsp3) is 0.176. The van der Waals surface area contributed by atoms with Crippen LogP contribution in [0.1, 0.15) is 28.1 Å². The summed E-state index contributed by atoms with van der Waals surface area (Å²) in [5.41, 5.74) is 6.80. The van der Waals surface area contributed by atoms with Crippen LogP contribution in [-0.2, 0) is 9.59 Å². The molecule has 0 fully saturated rings. The van der Waals surface area contributed by atoms with Crippen molar-refractivity contribution in [2.45, 2.75) is 20.8 Å². The monoisotopic (exact) mass is 295 g/mol. The van der Waals surface area contributed by atoms with Crippen molar-refractivity contribution in [3.8, 4) is 0 Å². The number of nitrogens with one attached hydrogen (secondary N) is 3. The normalized spacial score (nSPS) is 14.9. The summed E-state index contributed by atoms with van der Waals surface area (Å²) in [7, 11) is 0. The minimum atomic E-state index is -0.114. The van der Waals surface area contributed by atoms with Crippen molar-refractivity contribution in [2.75, 3.05) is 10.6 Å². The number of carbonyl (C=O) groups excluding carboxylic acids is 2. The van der Waals surface area contributed by atoms with Gasteiger partial charge in [0.25, 0.3) is 5.91 Å². The lowest BCUT2D eigenvalue weighted by Gasteiger charge is -2.01. The van der Waals surface area contributed by atoms with E-state index in [1.807, 2.05) is 45.0 Å². The number of aryl methyl sites for hydroxylation is 2. The Kier molecular flexibility index (Phi) is 3.33. The molecule has 0 saturated carbocycles. The number of hydrogen-bond donors (Lipinski definition) is 3. The average Bonchev–Trinajstić information content (AvgIpc) is 2.92. The van der Waals surface area contributed by atoms with Crippen LogP contribution >= 0.6 is 0 Å². The molecule has 2 heterocycles. The maximum atomic E-state index is 12.2. The van der Waals surface area contributed by atoms with Crippen LogP contribution in [0.25, 0.3) is 11.6 Å². The van der Waals surface area contributed by atoms with Gasteiger partial charge < -0.3 is 15.6 Å². The molecule has 1 aromatic carbocycles. The Hall–Kier alpha value is -2.82. The molecule has 1 aromatic heterocycles. The number of benzene rings is 1. The zero-order valence-corrected chi connectivity index (χ0v) is 12.7. The molecule has 2 amide bonds. The number of amides is 2. The molecule has 112 valence electrons. The van der Waals surface area contributed by atoms with Crippen molar-refractivity contribution < 1.29 is 9.59 Å². The summed E-state index contributed by atoms with van der Waals surface area (Å²) in [6.45, 7) is 5.79. The first-order valence-electron chi connectivity index (χ1n) is 7.04. The fourth-order valence-electron chi connectivity index (χ4n) is 2.78. The van der Waals surface area contributed by atoms with Crippen molar-refractivity contribution in [3.05, 3.63) is 46.3 Å². The molecular formula is C17H17N3O2. The van der Waals surface area contributed by atoms with E-state index in [1.165, 1.54) is 0 Å². The van der Waals surface area contributed by atoms with Crippen molar-refractivity contribution in [2.24, 2.45) is 0 Å². The van der Waals surface area contributed by atoms with Gasteiger partial charge in [0.15, 0.2) is 0 Å².